The molecule has 0 aromatic heterocycles. The molecule has 1 N–H and O–H groups in total. The Labute approximate surface area is 148 Å². The van der Waals surface area contributed by atoms with Crippen LogP contribution in [-0.4, -0.2) is 0 Å². The molecule has 3 atom stereocenters. The molecule has 0 radical (unpaired) electrons. The molecule has 0 spiro atoms. The first-order chi connectivity index (χ1) is 10.6. The molecule has 4 heteroatoms. The summed E-state index contributed by atoms with van der Waals surface area (Å²) < 4.78 is 1.10. The van der Waals surface area contributed by atoms with Crippen molar-refractivity contribution in [3.05, 3.63) is 74.2 Å². The van der Waals surface area contributed by atoms with Crippen LogP contribution in [0, 0.1) is 5.92 Å². The zero-order valence-corrected chi connectivity index (χ0v) is 14.8. The van der Waals surface area contributed by atoms with Crippen LogP contribution in [0.2, 0.25) is 10.0 Å². The molecule has 1 aliphatic carbocycles. The van der Waals surface area contributed by atoms with Gasteiger partial charge in [-0.15, -0.1) is 0 Å². The molecule has 0 unspecified atom stereocenters. The molecular weight excluding hydrogens is 381 g/mol. The minimum Gasteiger partial charge on any atom is -0.377 e. The van der Waals surface area contributed by atoms with Gasteiger partial charge in [-0.1, -0.05) is 53.6 Å². The summed E-state index contributed by atoms with van der Waals surface area (Å²) in [5.41, 5.74) is 3.65. The van der Waals surface area contributed by atoms with Gasteiger partial charge in [-0.25, -0.2) is 0 Å². The summed E-state index contributed by atoms with van der Waals surface area (Å²) in [7, 11) is 0. The molecule has 0 saturated heterocycles. The van der Waals surface area contributed by atoms with Gasteiger partial charge in [0.05, 0.1) is 11.7 Å². The second-order valence-electron chi connectivity index (χ2n) is 5.85. The lowest BCUT2D eigenvalue weighted by Gasteiger charge is -2.38. The number of fused-ring (bicyclic) bond motifs is 3. The van der Waals surface area contributed by atoms with Crippen molar-refractivity contribution in [3.8, 4) is 0 Å². The van der Waals surface area contributed by atoms with E-state index in [2.05, 4.69) is 51.6 Å². The van der Waals surface area contributed by atoms with Crippen molar-refractivity contribution in [2.45, 2.75) is 18.4 Å². The topological polar surface area (TPSA) is 12.0 Å². The highest BCUT2D eigenvalue weighted by Crippen LogP contribution is 2.52. The van der Waals surface area contributed by atoms with Gasteiger partial charge in [0.1, 0.15) is 0 Å². The molecule has 112 valence electrons. The Morgan fingerprint density at radius 2 is 1.95 bits per heavy atom. The van der Waals surface area contributed by atoms with Crippen LogP contribution < -0.4 is 5.32 Å². The third kappa shape index (κ3) is 2.29. The Kier molecular flexibility index (Phi) is 3.72. The van der Waals surface area contributed by atoms with Crippen molar-refractivity contribution in [1.29, 1.82) is 0 Å². The number of halogens is 3. The quantitative estimate of drug-likeness (QED) is 0.538. The third-order valence-corrected chi connectivity index (χ3v) is 5.87. The predicted molar refractivity (Wildman–Crippen MR) is 97.0 cm³/mol. The lowest BCUT2D eigenvalue weighted by molar-refractivity contribution is 0.425. The number of anilines is 1. The Morgan fingerprint density at radius 3 is 2.77 bits per heavy atom. The lowest BCUT2D eigenvalue weighted by Crippen LogP contribution is -2.29. The van der Waals surface area contributed by atoms with Gasteiger partial charge >= 0.3 is 0 Å². The summed E-state index contributed by atoms with van der Waals surface area (Å²) >= 11 is 16.2. The molecule has 1 aliphatic heterocycles. The minimum absolute atomic E-state index is 0.191. The molecule has 1 heterocycles. The second kappa shape index (κ2) is 5.59. The van der Waals surface area contributed by atoms with Crippen molar-refractivity contribution in [3.63, 3.8) is 0 Å². The average molecular weight is 395 g/mol. The molecular formula is C18H14BrCl2N. The molecule has 2 aliphatic rings. The maximum atomic E-state index is 6.46. The fourth-order valence-corrected chi connectivity index (χ4v) is 4.67. The van der Waals surface area contributed by atoms with Crippen molar-refractivity contribution < 1.29 is 0 Å². The van der Waals surface area contributed by atoms with Gasteiger partial charge in [0.25, 0.3) is 0 Å². The largest absolute Gasteiger partial charge is 0.377 e. The van der Waals surface area contributed by atoms with Crippen molar-refractivity contribution in [2.24, 2.45) is 5.92 Å². The molecule has 4 rings (SSSR count). The van der Waals surface area contributed by atoms with Gasteiger partial charge in [-0.2, -0.15) is 0 Å². The van der Waals surface area contributed by atoms with Gasteiger partial charge in [0.15, 0.2) is 0 Å². The van der Waals surface area contributed by atoms with Gasteiger partial charge in [0, 0.05) is 20.4 Å². The Balaban J connectivity index is 1.84. The van der Waals surface area contributed by atoms with Crippen LogP contribution in [-0.2, 0) is 0 Å². The van der Waals surface area contributed by atoms with E-state index in [1.54, 1.807) is 0 Å². The molecule has 0 fully saturated rings. The first-order valence-electron chi connectivity index (χ1n) is 7.31. The van der Waals surface area contributed by atoms with E-state index in [0.29, 0.717) is 16.9 Å². The van der Waals surface area contributed by atoms with Crippen molar-refractivity contribution in [2.75, 3.05) is 5.32 Å². The summed E-state index contributed by atoms with van der Waals surface area (Å²) in [5.74, 6) is 0.922. The summed E-state index contributed by atoms with van der Waals surface area (Å²) in [4.78, 5) is 0. The third-order valence-electron chi connectivity index (χ3n) is 4.64. The summed E-state index contributed by atoms with van der Waals surface area (Å²) in [5, 5.41) is 5.10. The Morgan fingerprint density at radius 1 is 1.09 bits per heavy atom. The smallest absolute Gasteiger partial charge is 0.0568 e. The van der Waals surface area contributed by atoms with Crippen LogP contribution in [0.4, 0.5) is 5.69 Å². The second-order valence-corrected chi connectivity index (χ2v) is 7.54. The number of hydrogen-bond acceptors (Lipinski definition) is 1. The van der Waals surface area contributed by atoms with Gasteiger partial charge < -0.3 is 5.32 Å². The lowest BCUT2D eigenvalue weighted by atomic mass is 9.77. The van der Waals surface area contributed by atoms with Crippen LogP contribution in [0.15, 0.2) is 53.0 Å². The molecule has 0 saturated carbocycles. The standard InChI is InChI=1S/C18H14BrCl2N/c19-15-6-2-5-13-11-3-1-4-12(11)17(22-18(13)15)14-8-7-10(20)9-16(14)21/h1-3,5-9,11-12,17,22H,4H2/t11-,12-,17+/m0/s1. The number of rotatable bonds is 1. The van der Waals surface area contributed by atoms with Crippen molar-refractivity contribution in [1.82, 2.24) is 0 Å². The van der Waals surface area contributed by atoms with Gasteiger partial charge in [-0.3, -0.25) is 0 Å². The van der Waals surface area contributed by atoms with E-state index in [1.165, 1.54) is 11.3 Å². The van der Waals surface area contributed by atoms with Gasteiger partial charge in [-0.05, 0) is 57.6 Å². The number of nitrogens with one attached hydrogen (secondary N) is 1. The number of hydrogen-bond donors (Lipinski definition) is 1. The molecule has 2 aromatic carbocycles. The molecule has 22 heavy (non-hydrogen) atoms. The van der Waals surface area contributed by atoms with E-state index in [-0.39, 0.29) is 6.04 Å². The average Bonchev–Trinajstić information content (AvgIpc) is 2.97. The molecule has 0 bridgehead atoms. The molecule has 2 aromatic rings. The maximum Gasteiger partial charge on any atom is 0.0568 e. The van der Waals surface area contributed by atoms with Crippen LogP contribution in [0.3, 0.4) is 0 Å². The van der Waals surface area contributed by atoms with Crippen LogP contribution in [0.5, 0.6) is 0 Å². The van der Waals surface area contributed by atoms with Crippen LogP contribution in [0.1, 0.15) is 29.5 Å². The Hall–Kier alpha value is -0.960. The molecule has 0 amide bonds. The normalized spacial score (nSPS) is 25.5. The molecule has 1 nitrogen and oxygen atoms in total. The van der Waals surface area contributed by atoms with E-state index in [4.69, 9.17) is 23.2 Å². The Bertz CT molecular complexity index is 772. The fraction of sp³-hybridized carbons (Fsp3) is 0.222. The van der Waals surface area contributed by atoms with Crippen molar-refractivity contribution >= 4 is 44.8 Å². The first-order valence-corrected chi connectivity index (χ1v) is 8.86. The number of benzene rings is 2. The van der Waals surface area contributed by atoms with Gasteiger partial charge in [0.2, 0.25) is 0 Å². The first kappa shape index (κ1) is 14.6. The monoisotopic (exact) mass is 393 g/mol. The number of allylic oxidation sites excluding steroid dienone is 2. The van der Waals surface area contributed by atoms with Crippen LogP contribution >= 0.6 is 39.1 Å². The van der Waals surface area contributed by atoms with E-state index in [1.807, 2.05) is 18.2 Å². The summed E-state index contributed by atoms with van der Waals surface area (Å²) in [6.07, 6.45) is 5.67. The fourth-order valence-electron chi connectivity index (χ4n) is 3.64. The van der Waals surface area contributed by atoms with E-state index >= 15 is 0 Å². The zero-order valence-electron chi connectivity index (χ0n) is 11.7. The van der Waals surface area contributed by atoms with E-state index in [9.17, 15) is 0 Å². The highest BCUT2D eigenvalue weighted by atomic mass is 79.9. The predicted octanol–water partition coefficient (Wildman–Crippen LogP) is 6.58. The van der Waals surface area contributed by atoms with E-state index < -0.39 is 0 Å². The SMILES string of the molecule is Clc1ccc([C@@H]2Nc3c(Br)cccc3[C@H]3C=CC[C@@H]32)c(Cl)c1. The highest BCUT2D eigenvalue weighted by Gasteiger charge is 2.39. The zero-order chi connectivity index (χ0) is 15.3. The summed E-state index contributed by atoms with van der Waals surface area (Å²) in [6.45, 7) is 0. The minimum atomic E-state index is 0.191. The highest BCUT2D eigenvalue weighted by molar-refractivity contribution is 9.10. The number of para-hydroxylation sites is 1. The summed E-state index contributed by atoms with van der Waals surface area (Å²) in [6, 6.07) is 12.4. The van der Waals surface area contributed by atoms with Crippen LogP contribution in [0.25, 0.3) is 0 Å². The maximum absolute atomic E-state index is 6.46. The van der Waals surface area contributed by atoms with E-state index in [0.717, 1.165) is 21.5 Å².